The highest BCUT2D eigenvalue weighted by Gasteiger charge is 2.16. The highest BCUT2D eigenvalue weighted by atomic mass is 32.2. The lowest BCUT2D eigenvalue weighted by Gasteiger charge is -2.11. The Kier molecular flexibility index (Phi) is 8.89. The van der Waals surface area contributed by atoms with Crippen LogP contribution in [0.5, 0.6) is 0 Å². The topological polar surface area (TPSA) is 75.6 Å². The van der Waals surface area contributed by atoms with Gasteiger partial charge in [-0.15, -0.1) is 0 Å². The number of carbonyl (C=O) groups excluding carboxylic acids is 1. The standard InChI is InChI=1S/C11H21NO4S/c1-8(2)4-5-17-7-10(13)12-6-9(16-3)11(14)15/h8-9H,4-7H2,1-3H3,(H,12,13)(H,14,15). The molecule has 0 aliphatic rings. The lowest BCUT2D eigenvalue weighted by Crippen LogP contribution is -2.38. The van der Waals surface area contributed by atoms with Gasteiger partial charge in [-0.25, -0.2) is 4.79 Å². The highest BCUT2D eigenvalue weighted by Crippen LogP contribution is 2.08. The van der Waals surface area contributed by atoms with Crippen molar-refractivity contribution < 1.29 is 19.4 Å². The van der Waals surface area contributed by atoms with Gasteiger partial charge >= 0.3 is 5.97 Å². The van der Waals surface area contributed by atoms with Gasteiger partial charge < -0.3 is 15.2 Å². The van der Waals surface area contributed by atoms with E-state index in [0.29, 0.717) is 11.7 Å². The fraction of sp³-hybridized carbons (Fsp3) is 0.818. The van der Waals surface area contributed by atoms with Crippen LogP contribution in [0, 0.1) is 5.92 Å². The van der Waals surface area contributed by atoms with E-state index in [9.17, 15) is 9.59 Å². The molecular weight excluding hydrogens is 242 g/mol. The SMILES string of the molecule is COC(CNC(=O)CSCCC(C)C)C(=O)O. The number of hydrogen-bond acceptors (Lipinski definition) is 4. The molecule has 0 spiro atoms. The number of amides is 1. The van der Waals surface area contributed by atoms with Crippen LogP contribution in [-0.2, 0) is 14.3 Å². The minimum atomic E-state index is -1.07. The number of carbonyl (C=O) groups is 2. The minimum absolute atomic E-state index is 0.00933. The van der Waals surface area contributed by atoms with Crippen LogP contribution in [0.3, 0.4) is 0 Å². The zero-order valence-corrected chi connectivity index (χ0v) is 11.4. The van der Waals surface area contributed by atoms with Crippen molar-refractivity contribution in [2.45, 2.75) is 26.4 Å². The minimum Gasteiger partial charge on any atom is -0.479 e. The molecule has 0 heterocycles. The molecule has 0 bridgehead atoms. The van der Waals surface area contributed by atoms with Gasteiger partial charge in [-0.2, -0.15) is 11.8 Å². The van der Waals surface area contributed by atoms with Crippen molar-refractivity contribution in [2.24, 2.45) is 5.92 Å². The molecule has 0 radical (unpaired) electrons. The molecular formula is C11H21NO4S. The summed E-state index contributed by atoms with van der Waals surface area (Å²) in [7, 11) is 1.31. The van der Waals surface area contributed by atoms with Crippen molar-refractivity contribution >= 4 is 23.6 Å². The molecule has 0 aromatic carbocycles. The monoisotopic (exact) mass is 263 g/mol. The van der Waals surface area contributed by atoms with Crippen molar-refractivity contribution in [1.29, 1.82) is 0 Å². The first-order valence-corrected chi connectivity index (χ1v) is 6.72. The number of carboxylic acids is 1. The van der Waals surface area contributed by atoms with Gasteiger partial charge in [-0.05, 0) is 18.1 Å². The first-order valence-electron chi connectivity index (χ1n) is 5.57. The van der Waals surface area contributed by atoms with E-state index in [2.05, 4.69) is 19.2 Å². The Labute approximate surface area is 106 Å². The average molecular weight is 263 g/mol. The van der Waals surface area contributed by atoms with E-state index in [1.54, 1.807) is 11.8 Å². The van der Waals surface area contributed by atoms with Crippen molar-refractivity contribution in [2.75, 3.05) is 25.2 Å². The lowest BCUT2D eigenvalue weighted by atomic mass is 10.2. The zero-order valence-electron chi connectivity index (χ0n) is 10.6. The number of carboxylic acid groups (broad SMARTS) is 1. The Hall–Kier alpha value is -0.750. The molecule has 2 N–H and O–H groups in total. The van der Waals surface area contributed by atoms with Crippen LogP contribution < -0.4 is 5.32 Å². The van der Waals surface area contributed by atoms with Crippen molar-refractivity contribution in [3.05, 3.63) is 0 Å². The molecule has 0 aliphatic carbocycles. The van der Waals surface area contributed by atoms with Crippen molar-refractivity contribution in [3.8, 4) is 0 Å². The van der Waals surface area contributed by atoms with Gasteiger partial charge in [-0.1, -0.05) is 13.8 Å². The van der Waals surface area contributed by atoms with E-state index in [4.69, 9.17) is 9.84 Å². The fourth-order valence-electron chi connectivity index (χ4n) is 1.01. The summed E-state index contributed by atoms with van der Waals surface area (Å²) in [5.41, 5.74) is 0. The molecule has 0 aliphatic heterocycles. The molecule has 0 aromatic rings. The highest BCUT2D eigenvalue weighted by molar-refractivity contribution is 7.99. The molecule has 1 amide bonds. The summed E-state index contributed by atoms with van der Waals surface area (Å²) in [4.78, 5) is 21.9. The summed E-state index contributed by atoms with van der Waals surface area (Å²) in [6.45, 7) is 4.28. The molecule has 0 aromatic heterocycles. The van der Waals surface area contributed by atoms with Crippen LogP contribution in [-0.4, -0.2) is 48.2 Å². The molecule has 17 heavy (non-hydrogen) atoms. The third-order valence-corrected chi connectivity index (χ3v) is 3.11. The molecule has 0 fully saturated rings. The van der Waals surface area contributed by atoms with E-state index in [-0.39, 0.29) is 12.5 Å². The maximum absolute atomic E-state index is 11.4. The Morgan fingerprint density at radius 1 is 1.41 bits per heavy atom. The van der Waals surface area contributed by atoms with Crippen LogP contribution in [0.1, 0.15) is 20.3 Å². The Morgan fingerprint density at radius 3 is 2.53 bits per heavy atom. The maximum Gasteiger partial charge on any atom is 0.334 e. The average Bonchev–Trinajstić information content (AvgIpc) is 2.24. The smallest absolute Gasteiger partial charge is 0.334 e. The molecule has 6 heteroatoms. The third-order valence-electron chi connectivity index (χ3n) is 2.12. The van der Waals surface area contributed by atoms with E-state index in [1.165, 1.54) is 7.11 Å². The van der Waals surface area contributed by atoms with Gasteiger partial charge in [0.15, 0.2) is 6.10 Å². The van der Waals surface area contributed by atoms with E-state index < -0.39 is 12.1 Å². The summed E-state index contributed by atoms with van der Waals surface area (Å²) in [6.07, 6.45) is 0.105. The summed E-state index contributed by atoms with van der Waals surface area (Å²) in [5.74, 6) is 0.721. The largest absolute Gasteiger partial charge is 0.479 e. The molecule has 5 nitrogen and oxygen atoms in total. The Morgan fingerprint density at radius 2 is 2.06 bits per heavy atom. The molecule has 0 saturated carbocycles. The first-order chi connectivity index (χ1) is 7.97. The van der Waals surface area contributed by atoms with Gasteiger partial charge in [0.2, 0.25) is 5.91 Å². The number of rotatable bonds is 9. The van der Waals surface area contributed by atoms with Crippen LogP contribution in [0.2, 0.25) is 0 Å². The summed E-state index contributed by atoms with van der Waals surface area (Å²) < 4.78 is 4.70. The third kappa shape index (κ3) is 9.00. The number of methoxy groups -OCH3 is 1. The van der Waals surface area contributed by atoms with Crippen LogP contribution in [0.4, 0.5) is 0 Å². The predicted octanol–water partition coefficient (Wildman–Crippen LogP) is 0.981. The number of nitrogens with one attached hydrogen (secondary N) is 1. The number of hydrogen-bond donors (Lipinski definition) is 2. The van der Waals surface area contributed by atoms with Gasteiger partial charge in [0.1, 0.15) is 0 Å². The lowest BCUT2D eigenvalue weighted by molar-refractivity contribution is -0.148. The molecule has 0 rings (SSSR count). The zero-order chi connectivity index (χ0) is 13.3. The van der Waals surface area contributed by atoms with Crippen LogP contribution in [0.15, 0.2) is 0 Å². The van der Waals surface area contributed by atoms with Crippen LogP contribution >= 0.6 is 11.8 Å². The normalized spacial score (nSPS) is 12.5. The first kappa shape index (κ1) is 16.2. The maximum atomic E-state index is 11.4. The van der Waals surface area contributed by atoms with Gasteiger partial charge in [0.25, 0.3) is 0 Å². The predicted molar refractivity (Wildman–Crippen MR) is 68.2 cm³/mol. The van der Waals surface area contributed by atoms with Crippen molar-refractivity contribution in [1.82, 2.24) is 5.32 Å². The Balaban J connectivity index is 3.62. The van der Waals surface area contributed by atoms with E-state index in [1.807, 2.05) is 0 Å². The number of aliphatic carboxylic acids is 1. The summed E-state index contributed by atoms with van der Waals surface area (Å²) in [6, 6.07) is 0. The molecule has 100 valence electrons. The molecule has 1 unspecified atom stereocenters. The fourth-order valence-corrected chi connectivity index (χ4v) is 2.08. The quantitative estimate of drug-likeness (QED) is 0.607. The second-order valence-corrected chi connectivity index (χ2v) is 5.21. The summed E-state index contributed by atoms with van der Waals surface area (Å²) >= 11 is 1.56. The molecule has 1 atom stereocenters. The second-order valence-electron chi connectivity index (χ2n) is 4.10. The summed E-state index contributed by atoms with van der Waals surface area (Å²) in [5, 5.41) is 11.2. The number of ether oxygens (including phenoxy) is 1. The Bertz CT molecular complexity index is 246. The van der Waals surface area contributed by atoms with Crippen LogP contribution in [0.25, 0.3) is 0 Å². The van der Waals surface area contributed by atoms with E-state index in [0.717, 1.165) is 12.2 Å². The second kappa shape index (κ2) is 9.30. The van der Waals surface area contributed by atoms with Gasteiger partial charge in [-0.3, -0.25) is 4.79 Å². The van der Waals surface area contributed by atoms with E-state index >= 15 is 0 Å². The van der Waals surface area contributed by atoms with Gasteiger partial charge in [0.05, 0.1) is 12.3 Å². The van der Waals surface area contributed by atoms with Gasteiger partial charge in [0, 0.05) is 7.11 Å². The van der Waals surface area contributed by atoms with Crippen molar-refractivity contribution in [3.63, 3.8) is 0 Å². The number of thioether (sulfide) groups is 1. The molecule has 0 saturated heterocycles.